The van der Waals surface area contributed by atoms with Gasteiger partial charge < -0.3 is 4.79 Å². The summed E-state index contributed by atoms with van der Waals surface area (Å²) in [4.78, 5) is 11.4. The third-order valence-corrected chi connectivity index (χ3v) is 4.40. The summed E-state index contributed by atoms with van der Waals surface area (Å²) >= 11 is 0. The van der Waals surface area contributed by atoms with Gasteiger partial charge in [0.1, 0.15) is 6.29 Å². The molecule has 1 fully saturated rings. The second-order valence-electron chi connectivity index (χ2n) is 6.21. The minimum atomic E-state index is 0.211. The SMILES string of the molecule is CCCCC1(C)CCCC(C)(C)C1C=O. The van der Waals surface area contributed by atoms with E-state index in [1.54, 1.807) is 0 Å². The predicted molar refractivity (Wildman–Crippen MR) is 64.8 cm³/mol. The van der Waals surface area contributed by atoms with Gasteiger partial charge in [-0.1, -0.05) is 47.0 Å². The number of hydrogen-bond donors (Lipinski definition) is 0. The van der Waals surface area contributed by atoms with E-state index >= 15 is 0 Å². The van der Waals surface area contributed by atoms with Gasteiger partial charge in [-0.3, -0.25) is 0 Å². The number of unbranched alkanes of at least 4 members (excludes halogenated alkanes) is 1. The summed E-state index contributed by atoms with van der Waals surface area (Å²) in [6.45, 7) is 9.07. The maximum atomic E-state index is 11.4. The van der Waals surface area contributed by atoms with E-state index in [-0.39, 0.29) is 16.7 Å². The third kappa shape index (κ3) is 2.62. The molecule has 1 saturated carbocycles. The normalized spacial score (nSPS) is 35.1. The van der Waals surface area contributed by atoms with E-state index in [9.17, 15) is 4.79 Å². The highest BCUT2D eigenvalue weighted by Gasteiger charge is 2.45. The molecule has 1 heteroatoms. The van der Waals surface area contributed by atoms with Crippen molar-refractivity contribution in [3.63, 3.8) is 0 Å². The molecule has 1 rings (SSSR count). The molecule has 2 atom stereocenters. The Morgan fingerprint density at radius 1 is 1.27 bits per heavy atom. The Labute approximate surface area is 94.6 Å². The van der Waals surface area contributed by atoms with Gasteiger partial charge in [-0.25, -0.2) is 0 Å². The van der Waals surface area contributed by atoms with Crippen LogP contribution in [-0.4, -0.2) is 6.29 Å². The van der Waals surface area contributed by atoms with Crippen LogP contribution in [0.5, 0.6) is 0 Å². The molecule has 0 heterocycles. The van der Waals surface area contributed by atoms with E-state index < -0.39 is 0 Å². The monoisotopic (exact) mass is 210 g/mol. The summed E-state index contributed by atoms with van der Waals surface area (Å²) in [5.74, 6) is 0.255. The van der Waals surface area contributed by atoms with Crippen molar-refractivity contribution in [2.45, 2.75) is 66.2 Å². The van der Waals surface area contributed by atoms with Gasteiger partial charge in [-0.2, -0.15) is 0 Å². The van der Waals surface area contributed by atoms with Crippen molar-refractivity contribution in [3.05, 3.63) is 0 Å². The van der Waals surface area contributed by atoms with E-state index in [1.807, 2.05) is 0 Å². The second-order valence-corrected chi connectivity index (χ2v) is 6.21. The standard InChI is InChI=1S/C14H26O/c1-5-6-9-14(4)10-7-8-13(2,3)12(14)11-15/h11-12H,5-10H2,1-4H3. The lowest BCUT2D eigenvalue weighted by atomic mass is 9.55. The Hall–Kier alpha value is -0.330. The van der Waals surface area contributed by atoms with Crippen LogP contribution in [0.4, 0.5) is 0 Å². The molecule has 0 radical (unpaired) electrons. The lowest BCUT2D eigenvalue weighted by Crippen LogP contribution is -2.43. The maximum absolute atomic E-state index is 11.4. The largest absolute Gasteiger partial charge is 0.303 e. The first-order valence-electron chi connectivity index (χ1n) is 6.41. The van der Waals surface area contributed by atoms with Crippen molar-refractivity contribution in [1.82, 2.24) is 0 Å². The first kappa shape index (κ1) is 12.7. The molecule has 0 aromatic rings. The van der Waals surface area contributed by atoms with E-state index in [0.717, 1.165) is 0 Å². The number of rotatable bonds is 4. The van der Waals surface area contributed by atoms with Crippen LogP contribution in [0.1, 0.15) is 66.2 Å². The van der Waals surface area contributed by atoms with Crippen LogP contribution < -0.4 is 0 Å². The van der Waals surface area contributed by atoms with Gasteiger partial charge in [0.25, 0.3) is 0 Å². The Bertz CT molecular complexity index is 219. The molecule has 0 aromatic carbocycles. The van der Waals surface area contributed by atoms with Gasteiger partial charge in [0, 0.05) is 5.92 Å². The molecule has 0 spiro atoms. The van der Waals surface area contributed by atoms with Crippen LogP contribution in [0, 0.1) is 16.7 Å². The smallest absolute Gasteiger partial charge is 0.124 e. The molecule has 1 aliphatic carbocycles. The van der Waals surface area contributed by atoms with E-state index in [2.05, 4.69) is 27.7 Å². The Balaban J connectivity index is 2.80. The van der Waals surface area contributed by atoms with Gasteiger partial charge in [0.2, 0.25) is 0 Å². The molecular formula is C14H26O. The molecule has 0 bridgehead atoms. The molecule has 0 aliphatic heterocycles. The average molecular weight is 210 g/mol. The molecule has 0 aromatic heterocycles. The Morgan fingerprint density at radius 2 is 1.93 bits per heavy atom. The molecule has 88 valence electrons. The fourth-order valence-corrected chi connectivity index (χ4v) is 3.41. The predicted octanol–water partition coefficient (Wildman–Crippen LogP) is 4.21. The van der Waals surface area contributed by atoms with Gasteiger partial charge in [-0.15, -0.1) is 0 Å². The van der Waals surface area contributed by atoms with Crippen molar-refractivity contribution in [1.29, 1.82) is 0 Å². The molecule has 15 heavy (non-hydrogen) atoms. The molecule has 1 nitrogen and oxygen atoms in total. The molecule has 0 N–H and O–H groups in total. The van der Waals surface area contributed by atoms with Gasteiger partial charge in [0.15, 0.2) is 0 Å². The summed E-state index contributed by atoms with van der Waals surface area (Å²) in [5, 5.41) is 0. The zero-order valence-electron chi connectivity index (χ0n) is 10.8. The molecule has 1 aliphatic rings. The Kier molecular flexibility index (Phi) is 3.97. The van der Waals surface area contributed by atoms with Crippen LogP contribution in [0.2, 0.25) is 0 Å². The van der Waals surface area contributed by atoms with Crippen molar-refractivity contribution >= 4 is 6.29 Å². The first-order chi connectivity index (χ1) is 6.96. The van der Waals surface area contributed by atoms with Crippen LogP contribution in [0.15, 0.2) is 0 Å². The molecule has 0 amide bonds. The molecular weight excluding hydrogens is 184 g/mol. The number of carbonyl (C=O) groups excluding carboxylic acids is 1. The van der Waals surface area contributed by atoms with Crippen molar-refractivity contribution in [2.24, 2.45) is 16.7 Å². The number of aldehydes is 1. The molecule has 2 unspecified atom stereocenters. The summed E-state index contributed by atoms with van der Waals surface area (Å²) in [5.41, 5.74) is 0.474. The maximum Gasteiger partial charge on any atom is 0.124 e. The zero-order chi connectivity index (χ0) is 11.5. The van der Waals surface area contributed by atoms with Crippen LogP contribution >= 0.6 is 0 Å². The topological polar surface area (TPSA) is 17.1 Å². The zero-order valence-corrected chi connectivity index (χ0v) is 10.8. The van der Waals surface area contributed by atoms with Gasteiger partial charge in [-0.05, 0) is 30.1 Å². The van der Waals surface area contributed by atoms with Crippen LogP contribution in [0.3, 0.4) is 0 Å². The summed E-state index contributed by atoms with van der Waals surface area (Å²) in [6.07, 6.45) is 8.68. The third-order valence-electron chi connectivity index (χ3n) is 4.40. The highest BCUT2D eigenvalue weighted by Crippen LogP contribution is 2.52. The lowest BCUT2D eigenvalue weighted by Gasteiger charge is -2.48. The first-order valence-corrected chi connectivity index (χ1v) is 6.41. The Morgan fingerprint density at radius 3 is 2.47 bits per heavy atom. The fourth-order valence-electron chi connectivity index (χ4n) is 3.41. The summed E-state index contributed by atoms with van der Waals surface area (Å²) in [7, 11) is 0. The number of carbonyl (C=O) groups is 1. The summed E-state index contributed by atoms with van der Waals surface area (Å²) in [6, 6.07) is 0. The van der Waals surface area contributed by atoms with Gasteiger partial charge in [0.05, 0.1) is 0 Å². The van der Waals surface area contributed by atoms with Crippen molar-refractivity contribution < 1.29 is 4.79 Å². The minimum Gasteiger partial charge on any atom is -0.303 e. The summed E-state index contributed by atoms with van der Waals surface area (Å²) < 4.78 is 0. The number of hydrogen-bond acceptors (Lipinski definition) is 1. The van der Waals surface area contributed by atoms with Crippen LogP contribution in [-0.2, 0) is 4.79 Å². The van der Waals surface area contributed by atoms with Crippen molar-refractivity contribution in [3.8, 4) is 0 Å². The van der Waals surface area contributed by atoms with Gasteiger partial charge >= 0.3 is 0 Å². The van der Waals surface area contributed by atoms with E-state index in [0.29, 0.717) is 0 Å². The highest BCUT2D eigenvalue weighted by molar-refractivity contribution is 5.57. The average Bonchev–Trinajstić information content (AvgIpc) is 2.14. The lowest BCUT2D eigenvalue weighted by molar-refractivity contribution is -0.123. The second kappa shape index (κ2) is 4.67. The van der Waals surface area contributed by atoms with Crippen LogP contribution in [0.25, 0.3) is 0 Å². The highest BCUT2D eigenvalue weighted by atomic mass is 16.1. The quantitative estimate of drug-likeness (QED) is 0.635. The van der Waals surface area contributed by atoms with E-state index in [1.165, 1.54) is 44.8 Å². The fraction of sp³-hybridized carbons (Fsp3) is 0.929. The minimum absolute atomic E-state index is 0.211. The van der Waals surface area contributed by atoms with Crippen molar-refractivity contribution in [2.75, 3.05) is 0 Å². The van der Waals surface area contributed by atoms with E-state index in [4.69, 9.17) is 0 Å². The molecule has 0 saturated heterocycles.